The summed E-state index contributed by atoms with van der Waals surface area (Å²) in [6.07, 6.45) is 0. The second-order valence-corrected chi connectivity index (χ2v) is 4.90. The van der Waals surface area contributed by atoms with Crippen LogP contribution in [0.1, 0.15) is 0 Å². The second-order valence-electron chi connectivity index (χ2n) is 4.47. The summed E-state index contributed by atoms with van der Waals surface area (Å²) in [5.74, 6) is 0.604. The highest BCUT2D eigenvalue weighted by molar-refractivity contribution is 6.30. The van der Waals surface area contributed by atoms with E-state index in [1.807, 2.05) is 29.2 Å². The predicted octanol–water partition coefficient (Wildman–Crippen LogP) is 1.37. The highest BCUT2D eigenvalue weighted by Gasteiger charge is 2.29. The zero-order chi connectivity index (χ0) is 13.2. The molecule has 0 atom stereocenters. The Bertz CT molecular complexity index is 509. The van der Waals surface area contributed by atoms with Crippen LogP contribution in [0, 0.1) is 0 Å². The summed E-state index contributed by atoms with van der Waals surface area (Å²) in [7, 11) is 0. The van der Waals surface area contributed by atoms with E-state index in [-0.39, 0.29) is 12.5 Å². The predicted molar refractivity (Wildman–Crippen MR) is 73.6 cm³/mol. The van der Waals surface area contributed by atoms with Crippen molar-refractivity contribution in [2.45, 2.75) is 0 Å². The highest BCUT2D eigenvalue weighted by atomic mass is 35.5. The fourth-order valence-corrected chi connectivity index (χ4v) is 2.37. The van der Waals surface area contributed by atoms with Crippen molar-refractivity contribution in [1.82, 2.24) is 4.90 Å². The van der Waals surface area contributed by atoms with Gasteiger partial charge < -0.3 is 14.5 Å². The molecule has 1 fully saturated rings. The molecule has 1 aromatic carbocycles. The molecule has 6 heteroatoms. The summed E-state index contributed by atoms with van der Waals surface area (Å²) in [5.41, 5.74) is 0.931. The van der Waals surface area contributed by atoms with Crippen LogP contribution in [-0.2, 0) is 9.53 Å². The van der Waals surface area contributed by atoms with Gasteiger partial charge in [0, 0.05) is 23.8 Å². The van der Waals surface area contributed by atoms with Crippen LogP contribution in [0.25, 0.3) is 0 Å². The molecular weight excluding hydrogens is 266 g/mol. The van der Waals surface area contributed by atoms with Crippen LogP contribution in [0.5, 0.6) is 0 Å². The van der Waals surface area contributed by atoms with Crippen molar-refractivity contribution in [3.8, 4) is 0 Å². The van der Waals surface area contributed by atoms with Gasteiger partial charge >= 0.3 is 0 Å². The molecule has 1 saturated heterocycles. The monoisotopic (exact) mass is 279 g/mol. The van der Waals surface area contributed by atoms with Crippen LogP contribution in [0.2, 0.25) is 5.02 Å². The number of anilines is 1. The Morgan fingerprint density at radius 3 is 2.53 bits per heavy atom. The molecule has 0 N–H and O–H groups in total. The maximum Gasteiger partial charge on any atom is 0.268 e. The molecule has 0 saturated carbocycles. The van der Waals surface area contributed by atoms with Crippen LogP contribution in [0.3, 0.4) is 0 Å². The summed E-state index contributed by atoms with van der Waals surface area (Å²) >= 11 is 5.89. The van der Waals surface area contributed by atoms with Gasteiger partial charge in [0.25, 0.3) is 5.91 Å². The lowest BCUT2D eigenvalue weighted by Gasteiger charge is -2.32. The first kappa shape index (κ1) is 12.4. The lowest BCUT2D eigenvalue weighted by molar-refractivity contribution is -0.115. The first-order valence-corrected chi connectivity index (χ1v) is 6.59. The van der Waals surface area contributed by atoms with Gasteiger partial charge in [-0.3, -0.25) is 4.79 Å². The first-order valence-electron chi connectivity index (χ1n) is 6.21. The number of hydrogen-bond acceptors (Lipinski definition) is 4. The number of guanidine groups is 1. The number of amides is 1. The van der Waals surface area contributed by atoms with Crippen LogP contribution in [0.4, 0.5) is 5.69 Å². The molecule has 0 unspecified atom stereocenters. The number of carbonyl (C=O) groups is 1. The van der Waals surface area contributed by atoms with Gasteiger partial charge in [-0.1, -0.05) is 11.6 Å². The van der Waals surface area contributed by atoms with E-state index in [9.17, 15) is 4.79 Å². The molecule has 1 amide bonds. The maximum absolute atomic E-state index is 11.6. The van der Waals surface area contributed by atoms with Crippen molar-refractivity contribution in [3.63, 3.8) is 0 Å². The number of aliphatic imine (C=N–C) groups is 1. The van der Waals surface area contributed by atoms with Crippen LogP contribution < -0.4 is 4.90 Å². The Balaban J connectivity index is 1.86. The highest BCUT2D eigenvalue weighted by Crippen LogP contribution is 2.22. The van der Waals surface area contributed by atoms with Gasteiger partial charge in [0.2, 0.25) is 5.96 Å². The van der Waals surface area contributed by atoms with E-state index in [1.54, 1.807) is 0 Å². The van der Waals surface area contributed by atoms with E-state index in [0.29, 0.717) is 18.2 Å². The number of halogens is 1. The van der Waals surface area contributed by atoms with Crippen molar-refractivity contribution in [1.29, 1.82) is 0 Å². The smallest absolute Gasteiger partial charge is 0.268 e. The van der Waals surface area contributed by atoms with Crippen molar-refractivity contribution in [2.24, 2.45) is 4.99 Å². The summed E-state index contributed by atoms with van der Waals surface area (Å²) in [5, 5.41) is 0.680. The standard InChI is InChI=1S/C13H14ClN3O2/c14-10-1-3-11(4-2-10)17-9-12(18)15-13(17)16-5-7-19-8-6-16/h1-4H,5-9H2. The number of benzene rings is 1. The molecule has 3 rings (SSSR count). The second kappa shape index (κ2) is 5.19. The zero-order valence-electron chi connectivity index (χ0n) is 10.4. The topological polar surface area (TPSA) is 45.1 Å². The summed E-state index contributed by atoms with van der Waals surface area (Å²) in [4.78, 5) is 19.8. The minimum atomic E-state index is -0.114. The number of rotatable bonds is 1. The van der Waals surface area contributed by atoms with Gasteiger partial charge in [-0.05, 0) is 24.3 Å². The zero-order valence-corrected chi connectivity index (χ0v) is 11.1. The molecule has 100 valence electrons. The number of hydrogen-bond donors (Lipinski definition) is 0. The van der Waals surface area contributed by atoms with E-state index in [4.69, 9.17) is 16.3 Å². The molecular formula is C13H14ClN3O2. The molecule has 0 aromatic heterocycles. The molecule has 0 bridgehead atoms. The fourth-order valence-electron chi connectivity index (χ4n) is 2.25. The van der Waals surface area contributed by atoms with E-state index in [2.05, 4.69) is 9.89 Å². The third kappa shape index (κ3) is 2.57. The van der Waals surface area contributed by atoms with Crippen molar-refractivity contribution in [3.05, 3.63) is 29.3 Å². The third-order valence-corrected chi connectivity index (χ3v) is 3.44. The molecule has 0 aliphatic carbocycles. The van der Waals surface area contributed by atoms with Gasteiger partial charge in [-0.2, -0.15) is 4.99 Å². The van der Waals surface area contributed by atoms with Gasteiger partial charge in [0.1, 0.15) is 6.54 Å². The molecule has 2 aliphatic rings. The molecule has 5 nitrogen and oxygen atoms in total. The molecule has 19 heavy (non-hydrogen) atoms. The van der Waals surface area contributed by atoms with Crippen LogP contribution in [-0.4, -0.2) is 49.6 Å². The fraction of sp³-hybridized carbons (Fsp3) is 0.385. The van der Waals surface area contributed by atoms with E-state index in [1.165, 1.54) is 0 Å². The molecule has 1 aromatic rings. The number of morpholine rings is 1. The van der Waals surface area contributed by atoms with Gasteiger partial charge in [-0.25, -0.2) is 0 Å². The summed E-state index contributed by atoms with van der Waals surface area (Å²) < 4.78 is 5.33. The largest absolute Gasteiger partial charge is 0.378 e. The van der Waals surface area contributed by atoms with Gasteiger partial charge in [0.15, 0.2) is 0 Å². The van der Waals surface area contributed by atoms with Crippen LogP contribution >= 0.6 is 11.6 Å². The average molecular weight is 280 g/mol. The Labute approximate surface area is 116 Å². The summed E-state index contributed by atoms with van der Waals surface area (Å²) in [6.45, 7) is 3.14. The SMILES string of the molecule is O=C1CN(c2ccc(Cl)cc2)C(N2CCOCC2)=N1. The summed E-state index contributed by atoms with van der Waals surface area (Å²) in [6, 6.07) is 7.43. The van der Waals surface area contributed by atoms with Crippen molar-refractivity contribution >= 4 is 29.2 Å². The number of nitrogens with zero attached hydrogens (tertiary/aromatic N) is 3. The molecule has 0 radical (unpaired) electrons. The lowest BCUT2D eigenvalue weighted by Crippen LogP contribution is -2.47. The Morgan fingerprint density at radius 1 is 1.16 bits per heavy atom. The molecule has 0 spiro atoms. The molecule has 2 heterocycles. The van der Waals surface area contributed by atoms with E-state index < -0.39 is 0 Å². The number of carbonyl (C=O) groups excluding carboxylic acids is 1. The van der Waals surface area contributed by atoms with Gasteiger partial charge in [0.05, 0.1) is 13.2 Å². The van der Waals surface area contributed by atoms with Crippen molar-refractivity contribution in [2.75, 3.05) is 37.7 Å². The normalized spacial score (nSPS) is 19.8. The minimum absolute atomic E-state index is 0.114. The average Bonchev–Trinajstić information content (AvgIpc) is 2.83. The van der Waals surface area contributed by atoms with Crippen LogP contribution in [0.15, 0.2) is 29.3 Å². The number of ether oxygens (including phenoxy) is 1. The lowest BCUT2D eigenvalue weighted by atomic mass is 10.3. The van der Waals surface area contributed by atoms with Gasteiger partial charge in [-0.15, -0.1) is 0 Å². The first-order chi connectivity index (χ1) is 9.24. The Hall–Kier alpha value is -1.59. The Morgan fingerprint density at radius 2 is 1.84 bits per heavy atom. The van der Waals surface area contributed by atoms with E-state index in [0.717, 1.165) is 24.7 Å². The minimum Gasteiger partial charge on any atom is -0.378 e. The Kier molecular flexibility index (Phi) is 3.40. The maximum atomic E-state index is 11.6. The van der Waals surface area contributed by atoms with Crippen molar-refractivity contribution < 1.29 is 9.53 Å². The third-order valence-electron chi connectivity index (χ3n) is 3.19. The van der Waals surface area contributed by atoms with E-state index >= 15 is 0 Å². The quantitative estimate of drug-likeness (QED) is 0.779. The molecule has 2 aliphatic heterocycles.